The van der Waals surface area contributed by atoms with Crippen LogP contribution in [0.25, 0.3) is 0 Å². The minimum Gasteiger partial charge on any atom is -0.352 e. The van der Waals surface area contributed by atoms with Crippen LogP contribution in [0.2, 0.25) is 0 Å². The van der Waals surface area contributed by atoms with Gasteiger partial charge in [0.25, 0.3) is 0 Å². The molecular formula is C22H27FN2O2. The monoisotopic (exact) mass is 370 g/mol. The highest BCUT2D eigenvalue weighted by molar-refractivity contribution is 5.88. The van der Waals surface area contributed by atoms with Gasteiger partial charge in [0, 0.05) is 18.2 Å². The molecule has 5 heteroatoms. The second-order valence-corrected chi connectivity index (χ2v) is 7.11. The van der Waals surface area contributed by atoms with Gasteiger partial charge in [-0.15, -0.1) is 0 Å². The van der Waals surface area contributed by atoms with Crippen LogP contribution < -0.4 is 5.32 Å². The van der Waals surface area contributed by atoms with Gasteiger partial charge in [0.2, 0.25) is 11.8 Å². The van der Waals surface area contributed by atoms with E-state index < -0.39 is 6.04 Å². The second-order valence-electron chi connectivity index (χ2n) is 7.11. The van der Waals surface area contributed by atoms with Gasteiger partial charge in [-0.3, -0.25) is 9.59 Å². The first-order valence-corrected chi connectivity index (χ1v) is 9.16. The van der Waals surface area contributed by atoms with Gasteiger partial charge >= 0.3 is 0 Å². The SMILES string of the molecule is Cc1ccc(CC(=O)N(Cc2ccccc2F)C(C)C(=O)NC(C)C)cc1. The molecule has 0 bridgehead atoms. The number of benzene rings is 2. The average Bonchev–Trinajstić information content (AvgIpc) is 2.61. The average molecular weight is 370 g/mol. The van der Waals surface area contributed by atoms with Gasteiger partial charge in [0.1, 0.15) is 11.9 Å². The van der Waals surface area contributed by atoms with Crippen LogP contribution in [0.4, 0.5) is 4.39 Å². The van der Waals surface area contributed by atoms with Gasteiger partial charge < -0.3 is 10.2 Å². The van der Waals surface area contributed by atoms with Gasteiger partial charge in [-0.25, -0.2) is 4.39 Å². The first-order valence-electron chi connectivity index (χ1n) is 9.16. The zero-order chi connectivity index (χ0) is 20.0. The van der Waals surface area contributed by atoms with Crippen LogP contribution in [0.5, 0.6) is 0 Å². The number of aryl methyl sites for hydroxylation is 1. The van der Waals surface area contributed by atoms with Crippen LogP contribution >= 0.6 is 0 Å². The lowest BCUT2D eigenvalue weighted by Gasteiger charge is -2.29. The maximum Gasteiger partial charge on any atom is 0.242 e. The van der Waals surface area contributed by atoms with Crippen molar-refractivity contribution in [1.29, 1.82) is 0 Å². The molecular weight excluding hydrogens is 343 g/mol. The van der Waals surface area contributed by atoms with Crippen molar-refractivity contribution < 1.29 is 14.0 Å². The Morgan fingerprint density at radius 3 is 2.26 bits per heavy atom. The molecule has 0 aromatic heterocycles. The van der Waals surface area contributed by atoms with E-state index >= 15 is 0 Å². The van der Waals surface area contributed by atoms with Crippen LogP contribution in [0.3, 0.4) is 0 Å². The Kier molecular flexibility index (Phi) is 7.11. The topological polar surface area (TPSA) is 49.4 Å². The third-order valence-electron chi connectivity index (χ3n) is 4.37. The lowest BCUT2D eigenvalue weighted by molar-refractivity contribution is -0.140. The van der Waals surface area contributed by atoms with E-state index in [2.05, 4.69) is 5.32 Å². The molecule has 0 fully saturated rings. The van der Waals surface area contributed by atoms with E-state index in [-0.39, 0.29) is 36.6 Å². The molecule has 144 valence electrons. The van der Waals surface area contributed by atoms with E-state index in [1.165, 1.54) is 11.0 Å². The Hall–Kier alpha value is -2.69. The lowest BCUT2D eigenvalue weighted by Crippen LogP contribution is -2.49. The van der Waals surface area contributed by atoms with Crippen molar-refractivity contribution in [3.05, 3.63) is 71.0 Å². The fourth-order valence-corrected chi connectivity index (χ4v) is 2.78. The fraction of sp³-hybridized carbons (Fsp3) is 0.364. The summed E-state index contributed by atoms with van der Waals surface area (Å²) >= 11 is 0. The standard InChI is InChI=1S/C22H27FN2O2/c1-15(2)24-22(27)17(4)25(14-19-7-5-6-8-20(19)23)21(26)13-18-11-9-16(3)10-12-18/h5-12,15,17H,13-14H2,1-4H3,(H,24,27). The predicted octanol–water partition coefficient (Wildman–Crippen LogP) is 3.62. The molecule has 2 amide bonds. The van der Waals surface area contributed by atoms with Crippen molar-refractivity contribution in [2.45, 2.75) is 52.7 Å². The third-order valence-corrected chi connectivity index (χ3v) is 4.37. The van der Waals surface area contributed by atoms with Crippen LogP contribution in [0.1, 0.15) is 37.5 Å². The molecule has 0 aliphatic carbocycles. The largest absolute Gasteiger partial charge is 0.352 e. The fourth-order valence-electron chi connectivity index (χ4n) is 2.78. The molecule has 0 aliphatic heterocycles. The van der Waals surface area contributed by atoms with Gasteiger partial charge in [-0.1, -0.05) is 48.0 Å². The second kappa shape index (κ2) is 9.31. The van der Waals surface area contributed by atoms with Crippen LogP contribution in [-0.4, -0.2) is 28.8 Å². The molecule has 4 nitrogen and oxygen atoms in total. The summed E-state index contributed by atoms with van der Waals surface area (Å²) in [6.07, 6.45) is 0.161. The summed E-state index contributed by atoms with van der Waals surface area (Å²) in [6, 6.07) is 13.3. The lowest BCUT2D eigenvalue weighted by atomic mass is 10.1. The first kappa shape index (κ1) is 20.6. The van der Waals surface area contributed by atoms with Gasteiger partial charge in [-0.2, -0.15) is 0 Å². The van der Waals surface area contributed by atoms with Crippen molar-refractivity contribution in [2.24, 2.45) is 0 Å². The number of nitrogens with zero attached hydrogens (tertiary/aromatic N) is 1. The van der Waals surface area contributed by atoms with E-state index in [1.807, 2.05) is 45.0 Å². The number of halogens is 1. The minimum atomic E-state index is -0.704. The summed E-state index contributed by atoms with van der Waals surface area (Å²) in [5.41, 5.74) is 2.36. The highest BCUT2D eigenvalue weighted by Gasteiger charge is 2.27. The smallest absolute Gasteiger partial charge is 0.242 e. The molecule has 0 radical (unpaired) electrons. The van der Waals surface area contributed by atoms with Crippen LogP contribution in [-0.2, 0) is 22.6 Å². The predicted molar refractivity (Wildman–Crippen MR) is 105 cm³/mol. The molecule has 1 N–H and O–H groups in total. The molecule has 2 rings (SSSR count). The van der Waals surface area contributed by atoms with E-state index in [0.29, 0.717) is 5.56 Å². The van der Waals surface area contributed by atoms with Gasteiger partial charge in [0.15, 0.2) is 0 Å². The summed E-state index contributed by atoms with van der Waals surface area (Å²) < 4.78 is 14.1. The van der Waals surface area contributed by atoms with Crippen LogP contribution in [0.15, 0.2) is 48.5 Å². The van der Waals surface area contributed by atoms with Crippen molar-refractivity contribution in [3.8, 4) is 0 Å². The Morgan fingerprint density at radius 2 is 1.67 bits per heavy atom. The molecule has 0 heterocycles. The zero-order valence-electron chi connectivity index (χ0n) is 16.3. The maximum atomic E-state index is 14.1. The number of hydrogen-bond acceptors (Lipinski definition) is 2. The molecule has 0 spiro atoms. The van der Waals surface area contributed by atoms with E-state index in [0.717, 1.165) is 11.1 Å². The zero-order valence-corrected chi connectivity index (χ0v) is 16.3. The molecule has 0 saturated heterocycles. The Bertz CT molecular complexity index is 787. The summed E-state index contributed by atoms with van der Waals surface area (Å²) in [6.45, 7) is 7.42. The summed E-state index contributed by atoms with van der Waals surface area (Å²) in [5.74, 6) is -0.853. The number of carbonyl (C=O) groups is 2. The normalized spacial score (nSPS) is 11.9. The number of hydrogen-bond donors (Lipinski definition) is 1. The molecule has 27 heavy (non-hydrogen) atoms. The van der Waals surface area contributed by atoms with Crippen molar-refractivity contribution in [1.82, 2.24) is 10.2 Å². The summed E-state index contributed by atoms with van der Waals surface area (Å²) in [5, 5.41) is 2.82. The first-order chi connectivity index (χ1) is 12.8. The maximum absolute atomic E-state index is 14.1. The Balaban J connectivity index is 2.24. The highest BCUT2D eigenvalue weighted by Crippen LogP contribution is 2.15. The van der Waals surface area contributed by atoms with E-state index in [1.54, 1.807) is 25.1 Å². The van der Waals surface area contributed by atoms with Gasteiger partial charge in [0.05, 0.1) is 6.42 Å². The number of rotatable bonds is 7. The number of amides is 2. The summed E-state index contributed by atoms with van der Waals surface area (Å²) in [4.78, 5) is 26.9. The molecule has 2 aromatic rings. The third kappa shape index (κ3) is 5.91. The molecule has 2 aromatic carbocycles. The van der Waals surface area contributed by atoms with Gasteiger partial charge in [-0.05, 0) is 39.3 Å². The number of nitrogens with one attached hydrogen (secondary N) is 1. The molecule has 1 atom stereocenters. The molecule has 1 unspecified atom stereocenters. The Morgan fingerprint density at radius 1 is 1.04 bits per heavy atom. The Labute approximate surface area is 160 Å². The van der Waals surface area contributed by atoms with E-state index in [9.17, 15) is 14.0 Å². The summed E-state index contributed by atoms with van der Waals surface area (Å²) in [7, 11) is 0. The molecule has 0 aliphatic rings. The van der Waals surface area contributed by atoms with Crippen molar-refractivity contribution >= 4 is 11.8 Å². The van der Waals surface area contributed by atoms with Crippen molar-refractivity contribution in [2.75, 3.05) is 0 Å². The quantitative estimate of drug-likeness (QED) is 0.809. The highest BCUT2D eigenvalue weighted by atomic mass is 19.1. The number of carbonyl (C=O) groups excluding carboxylic acids is 2. The molecule has 0 saturated carbocycles. The van der Waals surface area contributed by atoms with Crippen molar-refractivity contribution in [3.63, 3.8) is 0 Å². The van der Waals surface area contributed by atoms with E-state index in [4.69, 9.17) is 0 Å². The van der Waals surface area contributed by atoms with Crippen LogP contribution in [0, 0.1) is 12.7 Å². The minimum absolute atomic E-state index is 0.0394.